The standard InChI is InChI=1S/C18H20FN3O3/c1-11-10-25-18-15-13(17(24)12(9-23)8-22(11)15)7-14(19)16(18)21-5-3-20(2)4-6-21/h7-9,11H,3-6,10H2,1-2H3. The minimum Gasteiger partial charge on any atom is -0.487 e. The number of halogens is 1. The van der Waals surface area contributed by atoms with Crippen LogP contribution >= 0.6 is 0 Å². The number of piperazine rings is 1. The lowest BCUT2D eigenvalue weighted by atomic mass is 10.1. The molecule has 1 atom stereocenters. The molecule has 0 aliphatic carbocycles. The molecule has 0 amide bonds. The van der Waals surface area contributed by atoms with Gasteiger partial charge in [0.25, 0.3) is 0 Å². The van der Waals surface area contributed by atoms with E-state index in [9.17, 15) is 14.0 Å². The van der Waals surface area contributed by atoms with E-state index in [-0.39, 0.29) is 17.0 Å². The van der Waals surface area contributed by atoms with Crippen molar-refractivity contribution in [2.24, 2.45) is 0 Å². The summed E-state index contributed by atoms with van der Waals surface area (Å²) in [6, 6.07) is 1.21. The van der Waals surface area contributed by atoms with Gasteiger partial charge in [0.15, 0.2) is 23.3 Å². The van der Waals surface area contributed by atoms with Crippen LogP contribution in [0.2, 0.25) is 0 Å². The first kappa shape index (κ1) is 16.1. The van der Waals surface area contributed by atoms with E-state index in [4.69, 9.17) is 4.74 Å². The van der Waals surface area contributed by atoms with Crippen LogP contribution in [0.5, 0.6) is 5.75 Å². The normalized spacial score (nSPS) is 20.6. The second-order valence-electron chi connectivity index (χ2n) is 6.82. The lowest BCUT2D eigenvalue weighted by Crippen LogP contribution is -2.45. The fraction of sp³-hybridized carbons (Fsp3) is 0.444. The number of anilines is 1. The van der Waals surface area contributed by atoms with E-state index in [1.165, 1.54) is 6.07 Å². The number of hydrogen-bond acceptors (Lipinski definition) is 5. The third-order valence-corrected chi connectivity index (χ3v) is 5.12. The lowest BCUT2D eigenvalue weighted by molar-refractivity contribution is 0.112. The third-order valence-electron chi connectivity index (χ3n) is 5.12. The number of aromatic nitrogens is 1. The lowest BCUT2D eigenvalue weighted by Gasteiger charge is -2.37. The molecule has 2 aromatic rings. The monoisotopic (exact) mass is 345 g/mol. The molecule has 0 bridgehead atoms. The quantitative estimate of drug-likeness (QED) is 0.775. The molecule has 2 aliphatic heterocycles. The van der Waals surface area contributed by atoms with Crippen molar-refractivity contribution >= 4 is 22.9 Å². The maximum absolute atomic E-state index is 14.9. The smallest absolute Gasteiger partial charge is 0.200 e. The molecule has 25 heavy (non-hydrogen) atoms. The van der Waals surface area contributed by atoms with Crippen molar-refractivity contribution in [3.8, 4) is 5.75 Å². The zero-order valence-electron chi connectivity index (χ0n) is 14.3. The van der Waals surface area contributed by atoms with Gasteiger partial charge in [0.05, 0.1) is 22.5 Å². The summed E-state index contributed by atoms with van der Waals surface area (Å²) in [4.78, 5) is 27.9. The summed E-state index contributed by atoms with van der Waals surface area (Å²) >= 11 is 0. The number of hydrogen-bond donors (Lipinski definition) is 0. The van der Waals surface area contributed by atoms with Gasteiger partial charge in [-0.25, -0.2) is 4.39 Å². The fourth-order valence-electron chi connectivity index (χ4n) is 3.64. The van der Waals surface area contributed by atoms with Gasteiger partial charge in [-0.1, -0.05) is 0 Å². The molecule has 0 radical (unpaired) electrons. The van der Waals surface area contributed by atoms with Gasteiger partial charge < -0.3 is 19.1 Å². The van der Waals surface area contributed by atoms with Crippen LogP contribution in [0.3, 0.4) is 0 Å². The van der Waals surface area contributed by atoms with Crippen molar-refractivity contribution in [3.05, 3.63) is 33.9 Å². The number of ether oxygens (including phenoxy) is 1. The maximum Gasteiger partial charge on any atom is 0.200 e. The largest absolute Gasteiger partial charge is 0.487 e. The molecule has 1 fully saturated rings. The molecule has 6 nitrogen and oxygen atoms in total. The number of carbonyl (C=O) groups is 1. The molecule has 7 heteroatoms. The minimum absolute atomic E-state index is 0.0407. The van der Waals surface area contributed by atoms with E-state index in [2.05, 4.69) is 4.90 Å². The topological polar surface area (TPSA) is 54.8 Å². The Morgan fingerprint density at radius 2 is 2.00 bits per heavy atom. The Kier molecular flexibility index (Phi) is 3.76. The number of likely N-dealkylation sites (N-methyl/N-ethyl adjacent to an activating group) is 1. The zero-order valence-corrected chi connectivity index (χ0v) is 14.3. The van der Waals surface area contributed by atoms with Crippen molar-refractivity contribution < 1.29 is 13.9 Å². The molecule has 1 saturated heterocycles. The van der Waals surface area contributed by atoms with Gasteiger partial charge in [0.1, 0.15) is 12.3 Å². The first-order chi connectivity index (χ1) is 12.0. The van der Waals surface area contributed by atoms with E-state index in [0.717, 1.165) is 13.1 Å². The van der Waals surface area contributed by atoms with Crippen LogP contribution in [-0.2, 0) is 0 Å². The van der Waals surface area contributed by atoms with Crippen molar-refractivity contribution in [1.82, 2.24) is 9.47 Å². The Labute approximate surface area is 144 Å². The molecule has 4 rings (SSSR count). The van der Waals surface area contributed by atoms with Gasteiger partial charge in [0.2, 0.25) is 0 Å². The minimum atomic E-state index is -0.478. The third kappa shape index (κ3) is 2.41. The molecule has 3 heterocycles. The molecule has 132 valence electrons. The van der Waals surface area contributed by atoms with Crippen molar-refractivity contribution in [2.75, 3.05) is 44.7 Å². The second kappa shape index (κ2) is 5.84. The highest BCUT2D eigenvalue weighted by Gasteiger charge is 2.30. The van der Waals surface area contributed by atoms with Crippen LogP contribution in [0, 0.1) is 5.82 Å². The van der Waals surface area contributed by atoms with Gasteiger partial charge in [-0.3, -0.25) is 9.59 Å². The van der Waals surface area contributed by atoms with Gasteiger partial charge >= 0.3 is 0 Å². The molecular formula is C18H20FN3O3. The molecule has 1 aromatic heterocycles. The van der Waals surface area contributed by atoms with E-state index >= 15 is 0 Å². The van der Waals surface area contributed by atoms with Gasteiger partial charge in [-0.2, -0.15) is 0 Å². The first-order valence-corrected chi connectivity index (χ1v) is 8.44. The Morgan fingerprint density at radius 1 is 1.28 bits per heavy atom. The van der Waals surface area contributed by atoms with Crippen LogP contribution in [0.4, 0.5) is 10.1 Å². The van der Waals surface area contributed by atoms with E-state index < -0.39 is 11.2 Å². The number of aldehydes is 1. The van der Waals surface area contributed by atoms with Crippen molar-refractivity contribution in [3.63, 3.8) is 0 Å². The maximum atomic E-state index is 14.9. The second-order valence-corrected chi connectivity index (χ2v) is 6.82. The van der Waals surface area contributed by atoms with Gasteiger partial charge in [0, 0.05) is 32.4 Å². The molecule has 1 unspecified atom stereocenters. The number of pyridine rings is 1. The van der Waals surface area contributed by atoms with Crippen molar-refractivity contribution in [1.29, 1.82) is 0 Å². The number of nitrogens with zero attached hydrogens (tertiary/aromatic N) is 3. The Balaban J connectivity index is 2.00. The molecular weight excluding hydrogens is 325 g/mol. The Hall–Kier alpha value is -2.41. The molecule has 0 spiro atoms. The Bertz CT molecular complexity index is 916. The number of benzene rings is 1. The summed E-state index contributed by atoms with van der Waals surface area (Å²) in [7, 11) is 2.04. The zero-order chi connectivity index (χ0) is 17.7. The molecule has 2 aliphatic rings. The molecule has 0 saturated carbocycles. The van der Waals surface area contributed by atoms with Crippen LogP contribution < -0.4 is 15.1 Å². The predicted molar refractivity (Wildman–Crippen MR) is 93.5 cm³/mol. The molecule has 1 aromatic carbocycles. The summed E-state index contributed by atoms with van der Waals surface area (Å²) in [5, 5.41) is 0.196. The van der Waals surface area contributed by atoms with Gasteiger partial charge in [-0.05, 0) is 20.0 Å². The van der Waals surface area contributed by atoms with E-state index in [0.29, 0.717) is 42.9 Å². The van der Waals surface area contributed by atoms with E-state index in [1.807, 2.05) is 23.4 Å². The highest BCUT2D eigenvalue weighted by atomic mass is 19.1. The van der Waals surface area contributed by atoms with Crippen LogP contribution in [-0.4, -0.2) is 55.6 Å². The SMILES string of the molecule is CC1COc2c(N3CCN(C)CC3)c(F)cc3c(=O)c(C=O)cn1c23. The van der Waals surface area contributed by atoms with Crippen LogP contribution in [0.15, 0.2) is 17.1 Å². The summed E-state index contributed by atoms with van der Waals surface area (Å²) in [6.45, 7) is 5.38. The number of carbonyl (C=O) groups excluding carboxylic acids is 1. The van der Waals surface area contributed by atoms with E-state index in [1.54, 1.807) is 6.20 Å². The van der Waals surface area contributed by atoms with Crippen LogP contribution in [0.1, 0.15) is 23.3 Å². The van der Waals surface area contributed by atoms with Crippen LogP contribution in [0.25, 0.3) is 10.9 Å². The average Bonchev–Trinajstić information content (AvgIpc) is 2.60. The van der Waals surface area contributed by atoms with Crippen molar-refractivity contribution in [2.45, 2.75) is 13.0 Å². The summed E-state index contributed by atoms with van der Waals surface area (Å²) < 4.78 is 22.7. The highest BCUT2D eigenvalue weighted by molar-refractivity contribution is 5.94. The average molecular weight is 345 g/mol. The predicted octanol–water partition coefficient (Wildman–Crippen LogP) is 1.66. The fourth-order valence-corrected chi connectivity index (χ4v) is 3.64. The summed E-state index contributed by atoms with van der Waals surface area (Å²) in [5.41, 5.74) is 0.576. The molecule has 0 N–H and O–H groups in total. The Morgan fingerprint density at radius 3 is 2.68 bits per heavy atom. The summed E-state index contributed by atoms with van der Waals surface area (Å²) in [5.74, 6) is -0.0690. The number of rotatable bonds is 2. The highest BCUT2D eigenvalue weighted by Crippen LogP contribution is 2.41. The summed E-state index contributed by atoms with van der Waals surface area (Å²) in [6.07, 6.45) is 2.08. The first-order valence-electron chi connectivity index (χ1n) is 8.44. The van der Waals surface area contributed by atoms with Gasteiger partial charge in [-0.15, -0.1) is 0 Å².